The molecule has 2 rings (SSSR count). The van der Waals surface area contributed by atoms with Crippen molar-refractivity contribution in [1.29, 1.82) is 0 Å². The van der Waals surface area contributed by atoms with E-state index in [9.17, 15) is 9.90 Å². The third-order valence-corrected chi connectivity index (χ3v) is 2.32. The number of phenolic OH excluding ortho intramolecular Hbond substituents is 1. The highest BCUT2D eigenvalue weighted by atomic mass is 16.3. The minimum absolute atomic E-state index is 0.104. The van der Waals surface area contributed by atoms with Gasteiger partial charge < -0.3 is 10.4 Å². The Bertz CT molecular complexity index is 520. The Morgan fingerprint density at radius 2 is 2.00 bits per heavy atom. The molecule has 1 amide bonds. The molecular weight excluding hydrogens is 190 g/mol. The Morgan fingerprint density at radius 1 is 1.27 bits per heavy atom. The second-order valence-corrected chi connectivity index (χ2v) is 3.29. The molecular formula is C12H11NO2. The molecule has 0 radical (unpaired) electrons. The zero-order valence-electron chi connectivity index (χ0n) is 8.32. The number of fused-ring (bicyclic) bond motifs is 1. The molecule has 0 aliphatic heterocycles. The molecule has 2 aromatic rings. The molecule has 76 valence electrons. The van der Waals surface area contributed by atoms with Crippen molar-refractivity contribution in [2.75, 3.05) is 7.05 Å². The molecule has 2 N–H and O–H groups in total. The highest BCUT2D eigenvalue weighted by Crippen LogP contribution is 2.24. The molecule has 3 heteroatoms. The van der Waals surface area contributed by atoms with E-state index >= 15 is 0 Å². The van der Waals surface area contributed by atoms with Crippen LogP contribution in [0.2, 0.25) is 0 Å². The van der Waals surface area contributed by atoms with Gasteiger partial charge in [0.1, 0.15) is 5.75 Å². The standard InChI is InChI=1S/C12H11NO2/c1-13-12(15)11-7-9(14)6-8-4-2-3-5-10(8)11/h2-7,14H,1H3,(H,13,15). The summed E-state index contributed by atoms with van der Waals surface area (Å²) in [5.74, 6) is -0.0885. The molecule has 0 aliphatic rings. The Balaban J connectivity index is 2.76. The van der Waals surface area contributed by atoms with E-state index in [1.165, 1.54) is 6.07 Å². The van der Waals surface area contributed by atoms with E-state index < -0.39 is 0 Å². The van der Waals surface area contributed by atoms with Crippen molar-refractivity contribution in [1.82, 2.24) is 5.32 Å². The summed E-state index contributed by atoms with van der Waals surface area (Å²) in [6.45, 7) is 0. The quantitative estimate of drug-likeness (QED) is 0.740. The van der Waals surface area contributed by atoms with Crippen LogP contribution >= 0.6 is 0 Å². The number of rotatable bonds is 1. The number of benzene rings is 2. The van der Waals surface area contributed by atoms with Crippen molar-refractivity contribution >= 4 is 16.7 Å². The average Bonchev–Trinajstić information content (AvgIpc) is 2.26. The lowest BCUT2D eigenvalue weighted by Crippen LogP contribution is -2.17. The van der Waals surface area contributed by atoms with Gasteiger partial charge in [-0.25, -0.2) is 0 Å². The Morgan fingerprint density at radius 3 is 2.73 bits per heavy atom. The van der Waals surface area contributed by atoms with E-state index in [1.54, 1.807) is 13.1 Å². The highest BCUT2D eigenvalue weighted by molar-refractivity contribution is 6.07. The lowest BCUT2D eigenvalue weighted by molar-refractivity contribution is 0.0964. The normalized spacial score (nSPS) is 10.2. The summed E-state index contributed by atoms with van der Waals surface area (Å²) in [4.78, 5) is 11.6. The lowest BCUT2D eigenvalue weighted by atomic mass is 10.0. The Kier molecular flexibility index (Phi) is 2.29. The number of hydrogen-bond acceptors (Lipinski definition) is 2. The van der Waals surface area contributed by atoms with E-state index in [0.717, 1.165) is 10.8 Å². The highest BCUT2D eigenvalue weighted by Gasteiger charge is 2.09. The summed E-state index contributed by atoms with van der Waals surface area (Å²) < 4.78 is 0. The fourth-order valence-corrected chi connectivity index (χ4v) is 1.62. The topological polar surface area (TPSA) is 49.3 Å². The number of carbonyl (C=O) groups excluding carboxylic acids is 1. The van der Waals surface area contributed by atoms with Crippen molar-refractivity contribution in [3.05, 3.63) is 42.0 Å². The molecule has 0 fully saturated rings. The van der Waals surface area contributed by atoms with E-state index in [2.05, 4.69) is 5.32 Å². The third-order valence-electron chi connectivity index (χ3n) is 2.32. The van der Waals surface area contributed by atoms with Crippen LogP contribution in [-0.4, -0.2) is 18.1 Å². The van der Waals surface area contributed by atoms with Gasteiger partial charge in [-0.1, -0.05) is 24.3 Å². The Labute approximate surface area is 87.3 Å². The minimum Gasteiger partial charge on any atom is -0.508 e. The van der Waals surface area contributed by atoms with Gasteiger partial charge in [-0.15, -0.1) is 0 Å². The number of amides is 1. The molecule has 0 atom stereocenters. The van der Waals surface area contributed by atoms with Gasteiger partial charge in [0, 0.05) is 7.05 Å². The summed E-state index contributed by atoms with van der Waals surface area (Å²) in [5, 5.41) is 13.7. The first-order valence-electron chi connectivity index (χ1n) is 4.66. The Hall–Kier alpha value is -2.03. The smallest absolute Gasteiger partial charge is 0.251 e. The molecule has 0 unspecified atom stereocenters. The number of carbonyl (C=O) groups is 1. The van der Waals surface area contributed by atoms with Crippen LogP contribution < -0.4 is 5.32 Å². The molecule has 3 nitrogen and oxygen atoms in total. The van der Waals surface area contributed by atoms with Crippen LogP contribution in [0, 0.1) is 0 Å². The van der Waals surface area contributed by atoms with Crippen LogP contribution in [0.1, 0.15) is 10.4 Å². The fourth-order valence-electron chi connectivity index (χ4n) is 1.62. The summed E-state index contributed by atoms with van der Waals surface area (Å²) in [5.41, 5.74) is 0.494. The number of aromatic hydroxyl groups is 1. The predicted molar refractivity (Wildman–Crippen MR) is 59.0 cm³/mol. The fraction of sp³-hybridized carbons (Fsp3) is 0.0833. The predicted octanol–water partition coefficient (Wildman–Crippen LogP) is 1.90. The van der Waals surface area contributed by atoms with Crippen molar-refractivity contribution in [2.24, 2.45) is 0 Å². The maximum atomic E-state index is 11.6. The molecule has 0 aromatic heterocycles. The van der Waals surface area contributed by atoms with Gasteiger partial charge in [0.25, 0.3) is 5.91 Å². The first-order valence-corrected chi connectivity index (χ1v) is 4.66. The average molecular weight is 201 g/mol. The zero-order chi connectivity index (χ0) is 10.8. The zero-order valence-corrected chi connectivity index (χ0v) is 8.32. The number of phenols is 1. The second-order valence-electron chi connectivity index (χ2n) is 3.29. The van der Waals surface area contributed by atoms with Crippen LogP contribution in [-0.2, 0) is 0 Å². The summed E-state index contributed by atoms with van der Waals surface area (Å²) >= 11 is 0. The monoisotopic (exact) mass is 201 g/mol. The van der Waals surface area contributed by atoms with Crippen LogP contribution in [0.25, 0.3) is 10.8 Å². The number of nitrogens with one attached hydrogen (secondary N) is 1. The van der Waals surface area contributed by atoms with Crippen molar-refractivity contribution in [3.8, 4) is 5.75 Å². The van der Waals surface area contributed by atoms with Gasteiger partial charge >= 0.3 is 0 Å². The second kappa shape index (κ2) is 3.61. The van der Waals surface area contributed by atoms with Gasteiger partial charge in [0.05, 0.1) is 5.56 Å². The number of hydrogen-bond donors (Lipinski definition) is 2. The van der Waals surface area contributed by atoms with Gasteiger partial charge in [0.15, 0.2) is 0 Å². The van der Waals surface area contributed by atoms with E-state index in [4.69, 9.17) is 0 Å². The first kappa shape index (κ1) is 9.52. The van der Waals surface area contributed by atoms with E-state index in [0.29, 0.717) is 5.56 Å². The van der Waals surface area contributed by atoms with Gasteiger partial charge in [-0.2, -0.15) is 0 Å². The van der Waals surface area contributed by atoms with Crippen molar-refractivity contribution in [3.63, 3.8) is 0 Å². The molecule has 0 bridgehead atoms. The van der Waals surface area contributed by atoms with Crippen LogP contribution in [0.3, 0.4) is 0 Å². The molecule has 0 heterocycles. The third kappa shape index (κ3) is 1.64. The maximum Gasteiger partial charge on any atom is 0.251 e. The largest absolute Gasteiger partial charge is 0.508 e. The van der Waals surface area contributed by atoms with Gasteiger partial charge in [0.2, 0.25) is 0 Å². The van der Waals surface area contributed by atoms with E-state index in [-0.39, 0.29) is 11.7 Å². The van der Waals surface area contributed by atoms with Gasteiger partial charge in [-0.3, -0.25) is 4.79 Å². The lowest BCUT2D eigenvalue weighted by Gasteiger charge is -2.05. The van der Waals surface area contributed by atoms with Gasteiger partial charge in [-0.05, 0) is 22.9 Å². The molecule has 0 aliphatic carbocycles. The van der Waals surface area contributed by atoms with Crippen LogP contribution in [0.5, 0.6) is 5.75 Å². The SMILES string of the molecule is CNC(=O)c1cc(O)cc2ccccc12. The molecule has 0 saturated carbocycles. The molecule has 0 spiro atoms. The summed E-state index contributed by atoms with van der Waals surface area (Å²) in [6.07, 6.45) is 0. The van der Waals surface area contributed by atoms with Crippen LogP contribution in [0.15, 0.2) is 36.4 Å². The minimum atomic E-state index is -0.193. The maximum absolute atomic E-state index is 11.6. The first-order chi connectivity index (χ1) is 7.22. The van der Waals surface area contributed by atoms with Crippen LogP contribution in [0.4, 0.5) is 0 Å². The summed E-state index contributed by atoms with van der Waals surface area (Å²) in [7, 11) is 1.57. The van der Waals surface area contributed by atoms with Crippen molar-refractivity contribution < 1.29 is 9.90 Å². The molecule has 2 aromatic carbocycles. The van der Waals surface area contributed by atoms with Crippen molar-refractivity contribution in [2.45, 2.75) is 0 Å². The molecule has 0 saturated heterocycles. The summed E-state index contributed by atoms with van der Waals surface area (Å²) in [6, 6.07) is 10.6. The van der Waals surface area contributed by atoms with E-state index in [1.807, 2.05) is 24.3 Å². The molecule has 15 heavy (non-hydrogen) atoms.